The fraction of sp³-hybridized carbons (Fsp3) is 0.875. The van der Waals surface area contributed by atoms with E-state index in [-0.39, 0.29) is 4.75 Å². The molecule has 0 aromatic rings. The van der Waals surface area contributed by atoms with E-state index in [4.69, 9.17) is 5.11 Å². The lowest BCUT2D eigenvalue weighted by molar-refractivity contribution is -0.138. The Balaban J connectivity index is 2.51. The highest BCUT2D eigenvalue weighted by Gasteiger charge is 2.37. The maximum absolute atomic E-state index is 10.5. The summed E-state index contributed by atoms with van der Waals surface area (Å²) in [5, 5.41) is 6.87. The zero-order chi connectivity index (χ0) is 8.48. The molecule has 0 bridgehead atoms. The Bertz CT molecular complexity index is 165. The second-order valence-electron chi connectivity index (χ2n) is 3.56. The van der Waals surface area contributed by atoms with Crippen molar-refractivity contribution in [1.29, 1.82) is 0 Å². The molecule has 1 rings (SSSR count). The molecule has 1 atom stereocenters. The lowest BCUT2D eigenvalue weighted by atomic mass is 9.90. The highest BCUT2D eigenvalue weighted by molar-refractivity contribution is 8.00. The number of hydrogen-bond donors (Lipinski definition) is 0. The van der Waals surface area contributed by atoms with Gasteiger partial charge in [0.25, 0.3) is 0 Å². The van der Waals surface area contributed by atoms with Crippen LogP contribution in [0.25, 0.3) is 0 Å². The van der Waals surface area contributed by atoms with Crippen LogP contribution in [0.2, 0.25) is 0 Å². The Morgan fingerprint density at radius 1 is 1.73 bits per heavy atom. The van der Waals surface area contributed by atoms with Gasteiger partial charge in [-0.05, 0) is 18.1 Å². The van der Waals surface area contributed by atoms with Crippen molar-refractivity contribution in [3.8, 4) is 0 Å². The largest absolute Gasteiger partial charge is 0.565 e. The molecule has 0 saturated carbocycles. The van der Waals surface area contributed by atoms with Crippen LogP contribution >= 0.6 is 11.8 Å². The van der Waals surface area contributed by atoms with E-state index in [2.05, 4.69) is 13.8 Å². The van der Waals surface area contributed by atoms with Crippen LogP contribution in [0.1, 0.15) is 26.7 Å². The van der Waals surface area contributed by atoms with Gasteiger partial charge in [-0.25, -0.2) is 0 Å². The van der Waals surface area contributed by atoms with Gasteiger partial charge in [-0.2, -0.15) is 11.8 Å². The van der Waals surface area contributed by atoms with Gasteiger partial charge in [0, 0.05) is 9.54 Å². The molecule has 0 radical (unpaired) electrons. The van der Waals surface area contributed by atoms with Gasteiger partial charge < -0.3 is 5.11 Å². The fourth-order valence-corrected chi connectivity index (χ4v) is 2.87. The summed E-state index contributed by atoms with van der Waals surface area (Å²) >= 11 is 1.91. The molecule has 1 aliphatic heterocycles. The van der Waals surface area contributed by atoms with Gasteiger partial charge in [-0.15, -0.1) is 0 Å². The highest BCUT2D eigenvalue weighted by atomic mass is 32.2. The van der Waals surface area contributed by atoms with Crippen LogP contribution in [-0.4, -0.2) is 21.6 Å². The highest BCUT2D eigenvalue weighted by Crippen LogP contribution is 2.43. The zero-order valence-corrected chi connectivity index (χ0v) is 7.83. The van der Waals surface area contributed by atoms with E-state index >= 15 is 0 Å². The standard InChI is InChI=1S/C8H14O2S/c1-8(2)6(3-4-11-8)5-7(9)10/h6H,3-5H2,1-2H3,(H,9,10)/p+1. The van der Waals surface area contributed by atoms with Gasteiger partial charge in [0.05, 0.1) is 0 Å². The number of carbonyl (C=O) groups excluding carboxylic acids is 1. The normalized spacial score (nSPS) is 28.7. The predicted molar refractivity (Wildman–Crippen MR) is 47.9 cm³/mol. The average molecular weight is 175 g/mol. The molecule has 3 heteroatoms. The van der Waals surface area contributed by atoms with Crippen molar-refractivity contribution in [1.82, 2.24) is 0 Å². The van der Waals surface area contributed by atoms with Gasteiger partial charge in [-0.3, -0.25) is 0 Å². The predicted octanol–water partition coefficient (Wildman–Crippen LogP) is 1.16. The van der Waals surface area contributed by atoms with E-state index in [0.717, 1.165) is 12.2 Å². The minimum atomic E-state index is -0.412. The molecule has 2 N–H and O–H groups in total. The van der Waals surface area contributed by atoms with Crippen molar-refractivity contribution in [2.45, 2.75) is 31.4 Å². The smallest absolute Gasteiger partial charge is 0.516 e. The Kier molecular flexibility index (Phi) is 2.47. The van der Waals surface area contributed by atoms with Gasteiger partial charge in [0.2, 0.25) is 0 Å². The van der Waals surface area contributed by atoms with Crippen molar-refractivity contribution in [3.05, 3.63) is 0 Å². The molecule has 0 aromatic heterocycles. The van der Waals surface area contributed by atoms with E-state index in [1.165, 1.54) is 0 Å². The summed E-state index contributed by atoms with van der Waals surface area (Å²) in [6.45, 7) is 4.33. The zero-order valence-electron chi connectivity index (χ0n) is 7.02. The van der Waals surface area contributed by atoms with Crippen LogP contribution in [0.5, 0.6) is 0 Å². The van der Waals surface area contributed by atoms with Crippen LogP contribution in [-0.2, 0) is 4.79 Å². The Hall–Kier alpha value is -0.180. The molecule has 1 fully saturated rings. The van der Waals surface area contributed by atoms with Gasteiger partial charge >= 0.3 is 5.97 Å². The molecule has 1 heterocycles. The summed E-state index contributed by atoms with van der Waals surface area (Å²) < 4.78 is 0.219. The second-order valence-corrected chi connectivity index (χ2v) is 5.31. The first-order valence-electron chi connectivity index (χ1n) is 3.91. The number of carbonyl (C=O) groups is 1. The maximum Gasteiger partial charge on any atom is 0.516 e. The third kappa shape index (κ3) is 2.12. The molecule has 2 nitrogen and oxygen atoms in total. The average Bonchev–Trinajstić information content (AvgIpc) is 2.10. The Morgan fingerprint density at radius 2 is 2.36 bits per heavy atom. The lowest BCUT2D eigenvalue weighted by Gasteiger charge is -2.22. The first-order chi connectivity index (χ1) is 5.02. The minimum absolute atomic E-state index is 0.219. The van der Waals surface area contributed by atoms with E-state index < -0.39 is 5.97 Å². The van der Waals surface area contributed by atoms with Crippen LogP contribution in [0.15, 0.2) is 0 Å². The monoisotopic (exact) mass is 175 g/mol. The molecular weight excluding hydrogens is 160 g/mol. The molecular formula is C8H15O2S+. The summed E-state index contributed by atoms with van der Waals surface area (Å²) in [6.07, 6.45) is 1.54. The van der Waals surface area contributed by atoms with E-state index in [1.807, 2.05) is 11.8 Å². The number of hydrogen-bond acceptors (Lipinski definition) is 2. The topological polar surface area (TPSA) is 40.0 Å². The van der Waals surface area contributed by atoms with Crippen molar-refractivity contribution >= 4 is 17.7 Å². The molecule has 64 valence electrons. The van der Waals surface area contributed by atoms with Crippen molar-refractivity contribution in [2.24, 2.45) is 5.92 Å². The number of thioether (sulfide) groups is 1. The molecule has 0 amide bonds. The molecule has 1 saturated heterocycles. The van der Waals surface area contributed by atoms with Crippen molar-refractivity contribution in [2.75, 3.05) is 5.75 Å². The SMILES string of the molecule is CC1(C)SCCC1CC(=O)[OH2+]. The quantitative estimate of drug-likeness (QED) is 0.591. The van der Waals surface area contributed by atoms with Crippen molar-refractivity contribution < 1.29 is 9.90 Å². The van der Waals surface area contributed by atoms with Crippen LogP contribution in [0.4, 0.5) is 0 Å². The van der Waals surface area contributed by atoms with Crippen molar-refractivity contribution in [3.63, 3.8) is 0 Å². The molecule has 1 unspecified atom stereocenters. The third-order valence-electron chi connectivity index (χ3n) is 2.36. The molecule has 0 aromatic carbocycles. The van der Waals surface area contributed by atoms with Crippen LogP contribution < -0.4 is 0 Å². The van der Waals surface area contributed by atoms with E-state index in [9.17, 15) is 4.79 Å². The minimum Gasteiger partial charge on any atom is -0.565 e. The second kappa shape index (κ2) is 3.05. The number of rotatable bonds is 2. The lowest BCUT2D eigenvalue weighted by Crippen LogP contribution is -2.24. The van der Waals surface area contributed by atoms with E-state index in [0.29, 0.717) is 12.3 Å². The molecule has 0 aliphatic carbocycles. The fourth-order valence-electron chi connectivity index (χ4n) is 1.50. The van der Waals surface area contributed by atoms with Crippen LogP contribution in [0.3, 0.4) is 0 Å². The van der Waals surface area contributed by atoms with Crippen LogP contribution in [0, 0.1) is 5.92 Å². The van der Waals surface area contributed by atoms with Gasteiger partial charge in [0.1, 0.15) is 6.42 Å². The summed E-state index contributed by atoms with van der Waals surface area (Å²) in [6, 6.07) is 0. The van der Waals surface area contributed by atoms with E-state index in [1.54, 1.807) is 0 Å². The maximum atomic E-state index is 10.5. The Morgan fingerprint density at radius 3 is 2.73 bits per heavy atom. The first kappa shape index (κ1) is 8.91. The first-order valence-corrected chi connectivity index (χ1v) is 4.89. The summed E-state index contributed by atoms with van der Waals surface area (Å²) in [7, 11) is 0. The Labute approximate surface area is 71.4 Å². The summed E-state index contributed by atoms with van der Waals surface area (Å²) in [4.78, 5) is 10.5. The van der Waals surface area contributed by atoms with Gasteiger partial charge in [0.15, 0.2) is 0 Å². The van der Waals surface area contributed by atoms with Gasteiger partial charge in [-0.1, -0.05) is 13.8 Å². The molecule has 1 aliphatic rings. The summed E-state index contributed by atoms with van der Waals surface area (Å²) in [5.41, 5.74) is 0. The molecule has 0 spiro atoms. The third-order valence-corrected chi connectivity index (χ3v) is 3.87. The summed E-state index contributed by atoms with van der Waals surface area (Å²) in [5.74, 6) is 1.16. The molecule has 11 heavy (non-hydrogen) atoms.